The summed E-state index contributed by atoms with van der Waals surface area (Å²) < 4.78 is 0. The molecular formula is C28H49N5O5. The molecule has 38 heavy (non-hydrogen) atoms. The van der Waals surface area contributed by atoms with E-state index < -0.39 is 52.7 Å². The molecule has 0 aromatic rings. The number of rotatable bonds is 11. The minimum Gasteiger partial charge on any atom is -0.363 e. The molecule has 0 spiro atoms. The van der Waals surface area contributed by atoms with Crippen molar-refractivity contribution in [3.63, 3.8) is 0 Å². The third-order valence-electron chi connectivity index (χ3n) is 8.24. The van der Waals surface area contributed by atoms with Gasteiger partial charge in [0.1, 0.15) is 12.1 Å². The summed E-state index contributed by atoms with van der Waals surface area (Å²) >= 11 is 0. The Labute approximate surface area is 227 Å². The van der Waals surface area contributed by atoms with Gasteiger partial charge in [-0.05, 0) is 63.2 Å². The van der Waals surface area contributed by atoms with E-state index >= 15 is 0 Å². The Kier molecular flexibility index (Phi) is 10.4. The molecule has 1 heterocycles. The zero-order chi connectivity index (χ0) is 29.0. The molecule has 10 nitrogen and oxygen atoms in total. The number of carbonyl (C=O) groups excluding carboxylic acids is 5. The summed E-state index contributed by atoms with van der Waals surface area (Å²) in [5.74, 6) is -2.14. The average Bonchev–Trinajstić information content (AvgIpc) is 3.22. The largest absolute Gasteiger partial charge is 0.363 e. The van der Waals surface area contributed by atoms with Gasteiger partial charge in [0.05, 0.1) is 6.04 Å². The maximum atomic E-state index is 14.1. The lowest BCUT2D eigenvalue weighted by Gasteiger charge is -2.38. The second kappa shape index (κ2) is 12.5. The molecule has 0 radical (unpaired) electrons. The summed E-state index contributed by atoms with van der Waals surface area (Å²) in [6, 6.07) is -3.14. The molecular weight excluding hydrogens is 486 g/mol. The topological polar surface area (TPSA) is 151 Å². The van der Waals surface area contributed by atoms with Gasteiger partial charge in [-0.2, -0.15) is 0 Å². The Bertz CT molecular complexity index is 906. The van der Waals surface area contributed by atoms with Crippen LogP contribution in [-0.2, 0) is 19.2 Å². The second-order valence-corrected chi connectivity index (χ2v) is 13.2. The Hall–Kier alpha value is -2.65. The highest BCUT2D eigenvalue weighted by Gasteiger charge is 2.47. The summed E-state index contributed by atoms with van der Waals surface area (Å²) in [5.41, 5.74) is 4.20. The number of carbonyl (C=O) groups is 5. The molecule has 4 atom stereocenters. The third-order valence-corrected chi connectivity index (χ3v) is 8.24. The molecule has 1 aliphatic heterocycles. The normalized spacial score (nSPS) is 21.9. The highest BCUT2D eigenvalue weighted by molar-refractivity contribution is 6.37. The van der Waals surface area contributed by atoms with Crippen LogP contribution in [0, 0.1) is 23.2 Å². The highest BCUT2D eigenvalue weighted by atomic mass is 16.2. The Balaban J connectivity index is 2.33. The second-order valence-electron chi connectivity index (χ2n) is 13.2. The summed E-state index contributed by atoms with van der Waals surface area (Å²) in [6.07, 6.45) is 4.36. The quantitative estimate of drug-likeness (QED) is 0.300. The van der Waals surface area contributed by atoms with E-state index in [1.165, 1.54) is 0 Å². The van der Waals surface area contributed by atoms with Crippen LogP contribution in [0.25, 0.3) is 0 Å². The fourth-order valence-electron chi connectivity index (χ4n) is 5.05. The molecule has 1 aliphatic carbocycles. The molecule has 5 amide bonds. The minimum absolute atomic E-state index is 0.0698. The van der Waals surface area contributed by atoms with E-state index in [-0.39, 0.29) is 23.7 Å². The van der Waals surface area contributed by atoms with E-state index in [0.29, 0.717) is 25.8 Å². The van der Waals surface area contributed by atoms with Gasteiger partial charge in [-0.15, -0.1) is 0 Å². The van der Waals surface area contributed by atoms with Crippen LogP contribution in [0.15, 0.2) is 0 Å². The fraction of sp³-hybridized carbons (Fsp3) is 0.821. The first-order valence-electron chi connectivity index (χ1n) is 14.0. The number of ketones is 1. The van der Waals surface area contributed by atoms with Gasteiger partial charge in [0, 0.05) is 12.1 Å². The zero-order valence-corrected chi connectivity index (χ0v) is 24.5. The van der Waals surface area contributed by atoms with Crippen LogP contribution in [0.3, 0.4) is 0 Å². The Morgan fingerprint density at radius 3 is 2.05 bits per heavy atom. The molecule has 0 aromatic carbocycles. The van der Waals surface area contributed by atoms with Gasteiger partial charge in [0.2, 0.25) is 17.6 Å². The SMILES string of the molecule is CCC(C)(C)C(NC(=O)NC(C)(C)C)C(=O)N1CC(C(C)C)CC1C(=O)NC(CC1CCC1)C(=O)C(N)=O. The number of hydrogen-bond donors (Lipinski definition) is 4. The van der Waals surface area contributed by atoms with Crippen LogP contribution >= 0.6 is 0 Å². The average molecular weight is 536 g/mol. The molecule has 10 heteroatoms. The van der Waals surface area contributed by atoms with E-state index in [0.717, 1.165) is 19.3 Å². The first-order chi connectivity index (χ1) is 17.5. The standard InChI is InChI=1S/C28H49N5O5/c1-9-28(7,8)22(31-26(38)32-27(4,5)6)25(37)33-15-18(16(2)3)14-20(33)24(36)30-19(21(34)23(29)35)13-17-11-10-12-17/h16-20,22H,9-15H2,1-8H3,(H2,29,35)(H,30,36)(H2,31,32,38). The van der Waals surface area contributed by atoms with E-state index in [4.69, 9.17) is 5.73 Å². The Morgan fingerprint density at radius 2 is 1.61 bits per heavy atom. The van der Waals surface area contributed by atoms with Crippen molar-refractivity contribution < 1.29 is 24.0 Å². The molecule has 0 bridgehead atoms. The van der Waals surface area contributed by atoms with Crippen LogP contribution in [0.4, 0.5) is 4.79 Å². The van der Waals surface area contributed by atoms with Gasteiger partial charge >= 0.3 is 6.03 Å². The van der Waals surface area contributed by atoms with Crippen molar-refractivity contribution in [3.8, 4) is 0 Å². The number of amides is 5. The number of likely N-dealkylation sites (tertiary alicyclic amines) is 1. The molecule has 5 N–H and O–H groups in total. The van der Waals surface area contributed by atoms with Gasteiger partial charge in [-0.25, -0.2) is 4.79 Å². The molecule has 216 valence electrons. The van der Waals surface area contributed by atoms with Gasteiger partial charge < -0.3 is 26.6 Å². The molecule has 1 saturated heterocycles. The smallest absolute Gasteiger partial charge is 0.315 e. The van der Waals surface area contributed by atoms with E-state index in [1.54, 1.807) is 4.90 Å². The molecule has 2 rings (SSSR count). The van der Waals surface area contributed by atoms with Crippen LogP contribution in [0.1, 0.15) is 93.9 Å². The van der Waals surface area contributed by atoms with Crippen molar-refractivity contribution in [2.24, 2.45) is 28.9 Å². The molecule has 2 fully saturated rings. The highest BCUT2D eigenvalue weighted by Crippen LogP contribution is 2.34. The van der Waals surface area contributed by atoms with Crippen LogP contribution in [-0.4, -0.2) is 64.6 Å². The Morgan fingerprint density at radius 1 is 1.00 bits per heavy atom. The number of primary amides is 1. The lowest BCUT2D eigenvalue weighted by molar-refractivity contribution is -0.143. The summed E-state index contributed by atoms with van der Waals surface area (Å²) in [4.78, 5) is 66.2. The molecule has 1 saturated carbocycles. The van der Waals surface area contributed by atoms with E-state index in [9.17, 15) is 24.0 Å². The summed E-state index contributed by atoms with van der Waals surface area (Å²) in [6.45, 7) is 15.8. The number of nitrogens with zero attached hydrogens (tertiary/aromatic N) is 1. The van der Waals surface area contributed by atoms with Gasteiger partial charge in [-0.3, -0.25) is 19.2 Å². The summed E-state index contributed by atoms with van der Waals surface area (Å²) in [7, 11) is 0. The third kappa shape index (κ3) is 8.17. The minimum atomic E-state index is -1.08. The van der Waals surface area contributed by atoms with Crippen LogP contribution < -0.4 is 21.7 Å². The lowest BCUT2D eigenvalue weighted by atomic mass is 9.80. The van der Waals surface area contributed by atoms with Crippen molar-refractivity contribution in [1.29, 1.82) is 0 Å². The number of urea groups is 1. The predicted molar refractivity (Wildman–Crippen MR) is 146 cm³/mol. The number of nitrogens with two attached hydrogens (primary N) is 1. The molecule has 0 aromatic heterocycles. The molecule has 4 unspecified atom stereocenters. The van der Waals surface area contributed by atoms with Gasteiger partial charge in [0.15, 0.2) is 0 Å². The maximum absolute atomic E-state index is 14.1. The van der Waals surface area contributed by atoms with Crippen molar-refractivity contribution in [2.75, 3.05) is 6.54 Å². The summed E-state index contributed by atoms with van der Waals surface area (Å²) in [5, 5.41) is 8.49. The maximum Gasteiger partial charge on any atom is 0.315 e. The monoisotopic (exact) mass is 535 g/mol. The van der Waals surface area contributed by atoms with Crippen molar-refractivity contribution in [1.82, 2.24) is 20.9 Å². The van der Waals surface area contributed by atoms with E-state index in [1.807, 2.05) is 55.4 Å². The molecule has 2 aliphatic rings. The van der Waals surface area contributed by atoms with Gasteiger partial charge in [-0.1, -0.05) is 53.9 Å². The number of Topliss-reactive ketones (excluding diaryl/α,β-unsaturated/α-hetero) is 1. The van der Waals surface area contributed by atoms with Crippen LogP contribution in [0.5, 0.6) is 0 Å². The van der Waals surface area contributed by atoms with Crippen molar-refractivity contribution in [3.05, 3.63) is 0 Å². The van der Waals surface area contributed by atoms with Crippen molar-refractivity contribution in [2.45, 2.75) is 118 Å². The fourth-order valence-corrected chi connectivity index (χ4v) is 5.05. The first kappa shape index (κ1) is 31.6. The zero-order valence-electron chi connectivity index (χ0n) is 24.5. The number of hydrogen-bond acceptors (Lipinski definition) is 5. The number of nitrogens with one attached hydrogen (secondary N) is 3. The van der Waals surface area contributed by atoms with Crippen LogP contribution in [0.2, 0.25) is 0 Å². The van der Waals surface area contributed by atoms with Crippen molar-refractivity contribution >= 4 is 29.5 Å². The predicted octanol–water partition coefficient (Wildman–Crippen LogP) is 2.49. The lowest BCUT2D eigenvalue weighted by Crippen LogP contribution is -2.61. The first-order valence-corrected chi connectivity index (χ1v) is 14.0. The van der Waals surface area contributed by atoms with E-state index in [2.05, 4.69) is 16.0 Å². The van der Waals surface area contributed by atoms with Gasteiger partial charge in [0.25, 0.3) is 5.91 Å².